The van der Waals surface area contributed by atoms with Gasteiger partial charge in [-0.05, 0) is 86.0 Å². The lowest BCUT2D eigenvalue weighted by Crippen LogP contribution is -2.49. The summed E-state index contributed by atoms with van der Waals surface area (Å²) in [6, 6.07) is 0. The summed E-state index contributed by atoms with van der Waals surface area (Å²) in [6.07, 6.45) is 11.9. The highest BCUT2D eigenvalue weighted by Gasteiger charge is 2.58. The third-order valence-corrected chi connectivity index (χ3v) is 8.27. The summed E-state index contributed by atoms with van der Waals surface area (Å²) in [7, 11) is 0. The van der Waals surface area contributed by atoms with E-state index in [0.29, 0.717) is 17.3 Å². The number of aliphatic hydroxyl groups is 2. The highest BCUT2D eigenvalue weighted by molar-refractivity contribution is 5.31. The van der Waals surface area contributed by atoms with Crippen LogP contribution in [0.25, 0.3) is 0 Å². The van der Waals surface area contributed by atoms with Crippen molar-refractivity contribution in [3.63, 3.8) is 0 Å². The zero-order chi connectivity index (χ0) is 16.4. The first-order valence-electron chi connectivity index (χ1n) is 9.62. The first-order valence-corrected chi connectivity index (χ1v) is 9.62. The molecule has 0 aromatic carbocycles. The van der Waals surface area contributed by atoms with Gasteiger partial charge in [-0.15, -0.1) is 0 Å². The largest absolute Gasteiger partial charge is 0.393 e. The lowest BCUT2D eigenvalue weighted by atomic mass is 9.48. The molecule has 2 heteroatoms. The van der Waals surface area contributed by atoms with E-state index in [1.54, 1.807) is 0 Å². The van der Waals surface area contributed by atoms with Crippen LogP contribution in [-0.4, -0.2) is 22.4 Å². The van der Waals surface area contributed by atoms with Crippen LogP contribution in [0.3, 0.4) is 0 Å². The summed E-state index contributed by atoms with van der Waals surface area (Å²) >= 11 is 0. The molecule has 2 nitrogen and oxygen atoms in total. The number of hydrogen-bond acceptors (Lipinski definition) is 2. The van der Waals surface area contributed by atoms with Crippen LogP contribution >= 0.6 is 0 Å². The number of aliphatic hydroxyl groups excluding tert-OH is 2. The van der Waals surface area contributed by atoms with E-state index >= 15 is 0 Å². The molecular weight excluding hydrogens is 284 g/mol. The molecule has 0 radical (unpaired) electrons. The van der Waals surface area contributed by atoms with Gasteiger partial charge in [0.05, 0.1) is 12.2 Å². The van der Waals surface area contributed by atoms with Crippen LogP contribution in [0, 0.1) is 28.6 Å². The zero-order valence-electron chi connectivity index (χ0n) is 14.9. The van der Waals surface area contributed by atoms with E-state index in [1.165, 1.54) is 24.0 Å². The van der Waals surface area contributed by atoms with Crippen molar-refractivity contribution in [3.05, 3.63) is 23.3 Å². The molecule has 128 valence electrons. The highest BCUT2D eigenvalue weighted by Crippen LogP contribution is 2.66. The molecule has 0 aromatic heterocycles. The molecule has 7 unspecified atom stereocenters. The van der Waals surface area contributed by atoms with E-state index in [-0.39, 0.29) is 17.6 Å². The number of fused-ring (bicyclic) bond motifs is 5. The molecule has 0 amide bonds. The third kappa shape index (κ3) is 2.07. The van der Waals surface area contributed by atoms with Gasteiger partial charge in [0.1, 0.15) is 0 Å². The van der Waals surface area contributed by atoms with Gasteiger partial charge in [0, 0.05) is 0 Å². The Morgan fingerprint density at radius 2 is 1.83 bits per heavy atom. The lowest BCUT2D eigenvalue weighted by Gasteiger charge is -2.57. The standard InChI is InChI=1S/C21H32O2/c1-4-16-19(23)12-18-15-6-5-13-11-14(22)7-9-20(13,2)17(15)8-10-21(16,18)3/h4-5,14-15,17-19,22-23H,6-12H2,1-3H3/b16-4-. The van der Waals surface area contributed by atoms with Crippen molar-refractivity contribution in [1.29, 1.82) is 0 Å². The Morgan fingerprint density at radius 3 is 2.57 bits per heavy atom. The fraction of sp³-hybridized carbons (Fsp3) is 0.810. The summed E-state index contributed by atoms with van der Waals surface area (Å²) < 4.78 is 0. The number of allylic oxidation sites excluding steroid dienone is 2. The minimum atomic E-state index is -0.222. The SMILES string of the molecule is C/C=C1/C(O)CC2C3CC=C4CC(O)CCC4(C)C3CCC12C. The van der Waals surface area contributed by atoms with Crippen LogP contribution in [0.5, 0.6) is 0 Å². The second-order valence-corrected chi connectivity index (χ2v) is 9.11. The van der Waals surface area contributed by atoms with Gasteiger partial charge in [-0.25, -0.2) is 0 Å². The van der Waals surface area contributed by atoms with E-state index in [2.05, 4.69) is 32.9 Å². The predicted molar refractivity (Wildman–Crippen MR) is 92.9 cm³/mol. The summed E-state index contributed by atoms with van der Waals surface area (Å²) in [5.74, 6) is 2.09. The molecule has 2 N–H and O–H groups in total. The van der Waals surface area contributed by atoms with E-state index < -0.39 is 0 Å². The van der Waals surface area contributed by atoms with E-state index in [9.17, 15) is 10.2 Å². The normalized spacial score (nSPS) is 54.2. The van der Waals surface area contributed by atoms with Crippen LogP contribution in [0.4, 0.5) is 0 Å². The molecule has 4 aliphatic carbocycles. The Labute approximate surface area is 140 Å². The number of hydrogen-bond donors (Lipinski definition) is 2. The van der Waals surface area contributed by atoms with E-state index in [0.717, 1.165) is 38.0 Å². The van der Waals surface area contributed by atoms with Gasteiger partial charge in [0.2, 0.25) is 0 Å². The van der Waals surface area contributed by atoms with Crippen LogP contribution in [0.15, 0.2) is 23.3 Å². The Kier molecular flexibility index (Phi) is 3.59. The molecule has 0 spiro atoms. The lowest BCUT2D eigenvalue weighted by molar-refractivity contribution is -0.0278. The molecule has 3 saturated carbocycles. The average molecular weight is 316 g/mol. The predicted octanol–water partition coefficient (Wildman–Crippen LogP) is 4.23. The topological polar surface area (TPSA) is 40.5 Å². The van der Waals surface area contributed by atoms with Crippen LogP contribution in [0.2, 0.25) is 0 Å². The maximum atomic E-state index is 10.6. The third-order valence-electron chi connectivity index (χ3n) is 8.27. The second-order valence-electron chi connectivity index (χ2n) is 9.11. The van der Waals surface area contributed by atoms with Gasteiger partial charge < -0.3 is 10.2 Å². The summed E-state index contributed by atoms with van der Waals surface area (Å²) in [4.78, 5) is 0. The summed E-state index contributed by atoms with van der Waals surface area (Å²) in [5, 5.41) is 20.7. The zero-order valence-corrected chi connectivity index (χ0v) is 14.9. The van der Waals surface area contributed by atoms with Crippen molar-refractivity contribution in [2.45, 2.75) is 77.9 Å². The first-order chi connectivity index (χ1) is 10.9. The molecule has 0 aliphatic heterocycles. The fourth-order valence-electron chi connectivity index (χ4n) is 7.03. The van der Waals surface area contributed by atoms with Crippen molar-refractivity contribution in [2.75, 3.05) is 0 Å². The Bertz CT molecular complexity index is 562. The first kappa shape index (κ1) is 15.9. The molecule has 0 heterocycles. The Morgan fingerprint density at radius 1 is 1.09 bits per heavy atom. The minimum absolute atomic E-state index is 0.123. The molecule has 3 fully saturated rings. The second kappa shape index (κ2) is 5.20. The number of rotatable bonds is 0. The molecule has 0 saturated heterocycles. The molecule has 23 heavy (non-hydrogen) atoms. The van der Waals surface area contributed by atoms with Crippen molar-refractivity contribution < 1.29 is 10.2 Å². The minimum Gasteiger partial charge on any atom is -0.393 e. The molecule has 7 atom stereocenters. The van der Waals surface area contributed by atoms with Gasteiger partial charge in [0.25, 0.3) is 0 Å². The molecule has 4 aliphatic rings. The van der Waals surface area contributed by atoms with Crippen LogP contribution in [0.1, 0.15) is 65.7 Å². The fourth-order valence-corrected chi connectivity index (χ4v) is 7.03. The van der Waals surface area contributed by atoms with Crippen molar-refractivity contribution >= 4 is 0 Å². The van der Waals surface area contributed by atoms with Crippen molar-refractivity contribution in [3.8, 4) is 0 Å². The van der Waals surface area contributed by atoms with Crippen molar-refractivity contribution in [1.82, 2.24) is 0 Å². The Balaban J connectivity index is 1.70. The van der Waals surface area contributed by atoms with Gasteiger partial charge >= 0.3 is 0 Å². The van der Waals surface area contributed by atoms with Crippen LogP contribution < -0.4 is 0 Å². The molecule has 0 aromatic rings. The quantitative estimate of drug-likeness (QED) is 0.657. The monoisotopic (exact) mass is 316 g/mol. The van der Waals surface area contributed by atoms with Gasteiger partial charge in [-0.1, -0.05) is 31.6 Å². The molecule has 0 bridgehead atoms. The van der Waals surface area contributed by atoms with E-state index in [4.69, 9.17) is 0 Å². The highest BCUT2D eigenvalue weighted by atomic mass is 16.3. The smallest absolute Gasteiger partial charge is 0.0758 e. The maximum Gasteiger partial charge on any atom is 0.0758 e. The summed E-state index contributed by atoms with van der Waals surface area (Å²) in [5.41, 5.74) is 3.35. The summed E-state index contributed by atoms with van der Waals surface area (Å²) in [6.45, 7) is 6.97. The van der Waals surface area contributed by atoms with Gasteiger partial charge in [-0.2, -0.15) is 0 Å². The van der Waals surface area contributed by atoms with Crippen LogP contribution in [-0.2, 0) is 0 Å². The Hall–Kier alpha value is -0.600. The average Bonchev–Trinajstić information content (AvgIpc) is 2.77. The molecular formula is C21H32O2. The molecule has 4 rings (SSSR count). The van der Waals surface area contributed by atoms with Gasteiger partial charge in [0.15, 0.2) is 0 Å². The van der Waals surface area contributed by atoms with Crippen molar-refractivity contribution in [2.24, 2.45) is 28.6 Å². The van der Waals surface area contributed by atoms with E-state index in [1.807, 2.05) is 0 Å². The maximum absolute atomic E-state index is 10.6. The van der Waals surface area contributed by atoms with Gasteiger partial charge in [-0.3, -0.25) is 0 Å².